The van der Waals surface area contributed by atoms with E-state index >= 15 is 0 Å². The first kappa shape index (κ1) is 16.8. The summed E-state index contributed by atoms with van der Waals surface area (Å²) < 4.78 is 0. The first-order chi connectivity index (χ1) is 11.6. The van der Waals surface area contributed by atoms with Gasteiger partial charge in [0.05, 0.1) is 10.6 Å². The minimum absolute atomic E-state index is 0.0225. The highest BCUT2D eigenvalue weighted by atomic mass is 35.5. The van der Waals surface area contributed by atoms with Crippen molar-refractivity contribution in [2.75, 3.05) is 18.4 Å². The first-order valence-electron chi connectivity index (χ1n) is 8.38. The van der Waals surface area contributed by atoms with Crippen LogP contribution in [0.15, 0.2) is 36.5 Å². The van der Waals surface area contributed by atoms with Gasteiger partial charge in [-0.05, 0) is 37.8 Å². The van der Waals surface area contributed by atoms with Crippen molar-refractivity contribution in [3.63, 3.8) is 0 Å². The van der Waals surface area contributed by atoms with E-state index in [-0.39, 0.29) is 5.91 Å². The number of hydrogen-bond donors (Lipinski definition) is 1. The molecule has 0 spiro atoms. The monoisotopic (exact) mass is 343 g/mol. The Hall–Kier alpha value is -2.07. The van der Waals surface area contributed by atoms with E-state index in [1.807, 2.05) is 11.0 Å². The molecule has 0 radical (unpaired) electrons. The lowest BCUT2D eigenvalue weighted by Gasteiger charge is -2.26. The Morgan fingerprint density at radius 3 is 2.75 bits per heavy atom. The van der Waals surface area contributed by atoms with Crippen molar-refractivity contribution in [3.05, 3.63) is 58.2 Å². The van der Waals surface area contributed by atoms with Gasteiger partial charge in [-0.2, -0.15) is 0 Å². The van der Waals surface area contributed by atoms with Gasteiger partial charge in [0.1, 0.15) is 5.82 Å². The SMILES string of the molecule is Cc1cccc(CNc2ncc(C(=O)N3CCCCC3)cc2Cl)c1. The number of nitrogens with one attached hydrogen (secondary N) is 1. The number of piperidine rings is 1. The smallest absolute Gasteiger partial charge is 0.255 e. The van der Waals surface area contributed by atoms with Crippen molar-refractivity contribution >= 4 is 23.3 Å². The largest absolute Gasteiger partial charge is 0.365 e. The van der Waals surface area contributed by atoms with E-state index in [0.717, 1.165) is 25.9 Å². The van der Waals surface area contributed by atoms with E-state index in [2.05, 4.69) is 35.4 Å². The van der Waals surface area contributed by atoms with Gasteiger partial charge in [-0.15, -0.1) is 0 Å². The minimum atomic E-state index is 0.0225. The Labute approximate surface area is 147 Å². The lowest BCUT2D eigenvalue weighted by atomic mass is 10.1. The molecule has 1 aromatic carbocycles. The van der Waals surface area contributed by atoms with Gasteiger partial charge in [0, 0.05) is 25.8 Å². The molecule has 1 aromatic heterocycles. The second-order valence-corrected chi connectivity index (χ2v) is 6.66. The number of anilines is 1. The molecule has 0 saturated carbocycles. The van der Waals surface area contributed by atoms with E-state index in [4.69, 9.17) is 11.6 Å². The summed E-state index contributed by atoms with van der Waals surface area (Å²) in [4.78, 5) is 18.7. The summed E-state index contributed by atoms with van der Waals surface area (Å²) in [5, 5.41) is 3.71. The summed E-state index contributed by atoms with van der Waals surface area (Å²) in [5.74, 6) is 0.628. The van der Waals surface area contributed by atoms with Crippen LogP contribution in [0.25, 0.3) is 0 Å². The van der Waals surface area contributed by atoms with Gasteiger partial charge in [0.2, 0.25) is 0 Å². The number of amides is 1. The maximum absolute atomic E-state index is 12.5. The quantitative estimate of drug-likeness (QED) is 0.901. The van der Waals surface area contributed by atoms with Gasteiger partial charge in [0.15, 0.2) is 0 Å². The van der Waals surface area contributed by atoms with Crippen LogP contribution in [0.5, 0.6) is 0 Å². The Morgan fingerprint density at radius 2 is 2.04 bits per heavy atom. The maximum atomic E-state index is 12.5. The van der Waals surface area contributed by atoms with E-state index in [0.29, 0.717) is 22.9 Å². The maximum Gasteiger partial charge on any atom is 0.255 e. The van der Waals surface area contributed by atoms with Gasteiger partial charge >= 0.3 is 0 Å². The van der Waals surface area contributed by atoms with E-state index in [9.17, 15) is 4.79 Å². The van der Waals surface area contributed by atoms with Crippen LogP contribution in [0, 0.1) is 6.92 Å². The number of carbonyl (C=O) groups is 1. The van der Waals surface area contributed by atoms with Crippen molar-refractivity contribution in [2.45, 2.75) is 32.7 Å². The molecule has 1 aliphatic heterocycles. The number of likely N-dealkylation sites (tertiary alicyclic amines) is 1. The van der Waals surface area contributed by atoms with Crippen molar-refractivity contribution in [3.8, 4) is 0 Å². The molecule has 0 bridgehead atoms. The van der Waals surface area contributed by atoms with E-state index in [1.165, 1.54) is 17.5 Å². The average Bonchev–Trinajstić information content (AvgIpc) is 2.61. The number of rotatable bonds is 4. The lowest BCUT2D eigenvalue weighted by molar-refractivity contribution is 0.0724. The average molecular weight is 344 g/mol. The number of pyridine rings is 1. The van der Waals surface area contributed by atoms with Crippen molar-refractivity contribution in [2.24, 2.45) is 0 Å². The molecule has 0 aliphatic carbocycles. The van der Waals surface area contributed by atoms with Gasteiger partial charge in [-0.25, -0.2) is 4.98 Å². The topological polar surface area (TPSA) is 45.2 Å². The number of carbonyl (C=O) groups excluding carboxylic acids is 1. The second kappa shape index (κ2) is 7.67. The fraction of sp³-hybridized carbons (Fsp3) is 0.368. The molecular formula is C19H22ClN3O. The summed E-state index contributed by atoms with van der Waals surface area (Å²) >= 11 is 6.31. The molecule has 4 nitrogen and oxygen atoms in total. The van der Waals surface area contributed by atoms with E-state index < -0.39 is 0 Å². The molecule has 1 aliphatic rings. The summed E-state index contributed by atoms with van der Waals surface area (Å²) in [5.41, 5.74) is 2.94. The third kappa shape index (κ3) is 4.06. The van der Waals surface area contributed by atoms with Gasteiger partial charge in [-0.1, -0.05) is 41.4 Å². The molecule has 1 amide bonds. The van der Waals surface area contributed by atoms with Crippen LogP contribution in [0.1, 0.15) is 40.7 Å². The number of nitrogens with zero attached hydrogens (tertiary/aromatic N) is 2. The molecule has 1 fully saturated rings. The molecule has 3 rings (SSSR count). The Balaban J connectivity index is 1.67. The standard InChI is InChI=1S/C19H22ClN3O/c1-14-6-5-7-15(10-14)12-21-18-17(20)11-16(13-22-18)19(24)23-8-3-2-4-9-23/h5-7,10-11,13H,2-4,8-9,12H2,1H3,(H,21,22). The molecular weight excluding hydrogens is 322 g/mol. The molecule has 24 heavy (non-hydrogen) atoms. The number of aromatic nitrogens is 1. The molecule has 1 saturated heterocycles. The second-order valence-electron chi connectivity index (χ2n) is 6.25. The highest BCUT2D eigenvalue weighted by Gasteiger charge is 2.19. The van der Waals surface area contributed by atoms with Gasteiger partial charge in [-0.3, -0.25) is 4.79 Å². The van der Waals surface area contributed by atoms with Gasteiger partial charge < -0.3 is 10.2 Å². The normalized spacial score (nSPS) is 14.5. The van der Waals surface area contributed by atoms with Crippen LogP contribution in [0.3, 0.4) is 0 Å². The van der Waals surface area contributed by atoms with Crippen molar-refractivity contribution in [1.82, 2.24) is 9.88 Å². The molecule has 2 heterocycles. The molecule has 0 unspecified atom stereocenters. The lowest BCUT2D eigenvalue weighted by Crippen LogP contribution is -2.35. The molecule has 126 valence electrons. The minimum Gasteiger partial charge on any atom is -0.365 e. The number of hydrogen-bond acceptors (Lipinski definition) is 3. The highest BCUT2D eigenvalue weighted by Crippen LogP contribution is 2.22. The zero-order valence-electron chi connectivity index (χ0n) is 13.9. The third-order valence-corrected chi connectivity index (χ3v) is 4.56. The summed E-state index contributed by atoms with van der Waals surface area (Å²) in [6.07, 6.45) is 4.96. The van der Waals surface area contributed by atoms with Crippen LogP contribution < -0.4 is 5.32 Å². The summed E-state index contributed by atoms with van der Waals surface area (Å²) in [7, 11) is 0. The molecule has 1 N–H and O–H groups in total. The van der Waals surface area contributed by atoms with Crippen LogP contribution >= 0.6 is 11.6 Å². The predicted octanol–water partition coefficient (Wildman–Crippen LogP) is 4.28. The Bertz CT molecular complexity index is 726. The number of aryl methyl sites for hydroxylation is 1. The summed E-state index contributed by atoms with van der Waals surface area (Å²) in [6.45, 7) is 4.36. The van der Waals surface area contributed by atoms with Crippen molar-refractivity contribution in [1.29, 1.82) is 0 Å². The number of benzene rings is 1. The van der Waals surface area contributed by atoms with E-state index in [1.54, 1.807) is 12.3 Å². The zero-order chi connectivity index (χ0) is 16.9. The van der Waals surface area contributed by atoms with Gasteiger partial charge in [0.25, 0.3) is 5.91 Å². The molecule has 2 aromatic rings. The predicted molar refractivity (Wildman–Crippen MR) is 97.5 cm³/mol. The van der Waals surface area contributed by atoms with Crippen LogP contribution in [-0.4, -0.2) is 28.9 Å². The highest BCUT2D eigenvalue weighted by molar-refractivity contribution is 6.33. The number of halogens is 1. The fourth-order valence-corrected chi connectivity index (χ4v) is 3.21. The van der Waals surface area contributed by atoms with Crippen molar-refractivity contribution < 1.29 is 4.79 Å². The molecule has 5 heteroatoms. The fourth-order valence-electron chi connectivity index (χ4n) is 2.97. The molecule has 0 atom stereocenters. The summed E-state index contributed by atoms with van der Waals surface area (Å²) in [6, 6.07) is 9.98. The Morgan fingerprint density at radius 1 is 1.25 bits per heavy atom. The zero-order valence-corrected chi connectivity index (χ0v) is 14.6. The van der Waals surface area contributed by atoms with Crippen LogP contribution in [0.2, 0.25) is 5.02 Å². The van der Waals surface area contributed by atoms with Crippen LogP contribution in [-0.2, 0) is 6.54 Å². The Kier molecular flexibility index (Phi) is 5.36. The van der Waals surface area contributed by atoms with Crippen LogP contribution in [0.4, 0.5) is 5.82 Å². The third-order valence-electron chi connectivity index (χ3n) is 4.27. The first-order valence-corrected chi connectivity index (χ1v) is 8.75.